The number of nitrogens with zero attached hydrogens (tertiary/aromatic N) is 2. The zero-order valence-corrected chi connectivity index (χ0v) is 38.9. The van der Waals surface area contributed by atoms with Crippen LogP contribution in [0.2, 0.25) is 0 Å². The lowest BCUT2D eigenvalue weighted by Crippen LogP contribution is -2.69. The maximum absolute atomic E-state index is 14.1. The Morgan fingerprint density at radius 2 is 1.50 bits per heavy atom. The fraction of sp³-hybridized carbons (Fsp3) is 0.622. The summed E-state index contributed by atoms with van der Waals surface area (Å²) in [5, 5.41) is 5.61. The zero-order chi connectivity index (χ0) is 53.1. The molecule has 0 aromatic carbocycles. The Balaban J connectivity index is 2.19. The van der Waals surface area contributed by atoms with E-state index in [1.54, 1.807) is 0 Å². The molecule has 3 rings (SSSR count). The van der Waals surface area contributed by atoms with E-state index in [9.17, 15) is 75.4 Å². The maximum atomic E-state index is 14.1. The van der Waals surface area contributed by atoms with Crippen molar-refractivity contribution in [3.8, 4) is 0 Å². The number of halogens is 3. The standard InChI is InChI=1S/C37H47F3N5O24P/c1-15(46)42-25-9-10-45(35(56)43-25)32-31(66-21(7)52)29(65-20(6)51)24(67-32)14-61-70(57,58)69-36(34(55)59-8)11-22(62-17(3)48)27(44-26(53)12-41-33(54)37(38,39)40)30(68-36)28(64-19(5)50)23(63-18(4)49)13-60-16(2)47/h9-10,22-24,27-32H,11-14H2,1-8H3,(H,41,54)(H,44,53)(H,57,58)(H,42,43,46,56)/t22-,23+,24+,27+,28+,29+,30+,31+,32+,36+/m0/s1. The molecule has 1 aromatic heterocycles. The molecule has 3 amide bonds. The Bertz CT molecular complexity index is 2300. The minimum absolute atomic E-state index is 0.221. The van der Waals surface area contributed by atoms with E-state index in [1.165, 1.54) is 5.32 Å². The number of hydrogen-bond acceptors (Lipinski definition) is 24. The van der Waals surface area contributed by atoms with Gasteiger partial charge >= 0.3 is 67.4 Å². The molecule has 0 radical (unpaired) electrons. The number of phosphoric ester groups is 1. The lowest BCUT2D eigenvalue weighted by atomic mass is 9.88. The van der Waals surface area contributed by atoms with Gasteiger partial charge in [-0.3, -0.25) is 52.2 Å². The minimum atomic E-state index is -6.00. The van der Waals surface area contributed by atoms with Gasteiger partial charge in [-0.2, -0.15) is 18.2 Å². The molecule has 33 heteroatoms. The molecule has 2 saturated heterocycles. The van der Waals surface area contributed by atoms with E-state index in [0.717, 1.165) is 65.3 Å². The molecule has 1 aromatic rings. The van der Waals surface area contributed by atoms with Gasteiger partial charge in [-0.05, 0) is 6.07 Å². The van der Waals surface area contributed by atoms with Gasteiger partial charge in [0.2, 0.25) is 11.8 Å². The van der Waals surface area contributed by atoms with Gasteiger partial charge < -0.3 is 63.5 Å². The van der Waals surface area contributed by atoms with E-state index in [1.807, 2.05) is 0 Å². The van der Waals surface area contributed by atoms with E-state index < -0.39 is 166 Å². The molecule has 2 fully saturated rings. The molecule has 0 spiro atoms. The molecular formula is C37H47F3N5O24P. The molecule has 2 aliphatic heterocycles. The number of alkyl halides is 3. The molecule has 3 heterocycles. The van der Waals surface area contributed by atoms with E-state index in [-0.39, 0.29) is 5.82 Å². The van der Waals surface area contributed by atoms with Crippen molar-refractivity contribution in [1.29, 1.82) is 0 Å². The Labute approximate surface area is 392 Å². The number of esters is 7. The summed E-state index contributed by atoms with van der Waals surface area (Å²) in [5.41, 5.74) is -1.13. The SMILES string of the molecule is COC(=O)[C@]1(OP(=O)(O)OC[C@H]2O[C@@H](n3ccc(NC(C)=O)nc3=O)[C@H](OC(C)=O)[C@@H]2OC(C)=O)C[C@H](OC(C)=O)[C@@H](NC(=O)CNC(=O)C(F)(F)F)[C@H]([C@H](OC(C)=O)[C@@H](COC(C)=O)OC(C)=O)O1. The minimum Gasteiger partial charge on any atom is -0.465 e. The second kappa shape index (κ2) is 24.3. The van der Waals surface area contributed by atoms with Crippen LogP contribution in [-0.2, 0) is 104 Å². The number of anilines is 1. The highest BCUT2D eigenvalue weighted by molar-refractivity contribution is 7.47. The summed E-state index contributed by atoms with van der Waals surface area (Å²) >= 11 is 0. The number of nitrogens with one attached hydrogen (secondary N) is 3. The average Bonchev–Trinajstić information content (AvgIpc) is 3.53. The lowest BCUT2D eigenvalue weighted by molar-refractivity contribution is -0.293. The van der Waals surface area contributed by atoms with Crippen LogP contribution in [0, 0.1) is 0 Å². The van der Waals surface area contributed by atoms with Crippen molar-refractivity contribution >= 4 is 73.1 Å². The molecule has 29 nitrogen and oxygen atoms in total. The van der Waals surface area contributed by atoms with Crippen LogP contribution in [0.5, 0.6) is 0 Å². The Morgan fingerprint density at radius 3 is 2.01 bits per heavy atom. The van der Waals surface area contributed by atoms with E-state index in [2.05, 4.69) is 15.6 Å². The molecule has 390 valence electrons. The van der Waals surface area contributed by atoms with Gasteiger partial charge in [0.15, 0.2) is 30.6 Å². The summed E-state index contributed by atoms with van der Waals surface area (Å²) in [6.07, 6.45) is -21.8. The van der Waals surface area contributed by atoms with E-state index in [0.29, 0.717) is 7.11 Å². The molecule has 2 aliphatic rings. The fourth-order valence-corrected chi connectivity index (χ4v) is 7.66. The smallest absolute Gasteiger partial charge is 0.465 e. The maximum Gasteiger partial charge on any atom is 0.475 e. The Hall–Kier alpha value is -6.60. The number of carbonyl (C=O) groups excluding carboxylic acids is 10. The molecule has 0 aliphatic carbocycles. The lowest BCUT2D eigenvalue weighted by Gasteiger charge is -2.48. The fourth-order valence-electron chi connectivity index (χ4n) is 6.71. The van der Waals surface area contributed by atoms with Crippen molar-refractivity contribution < 1.29 is 122 Å². The number of carbonyl (C=O) groups is 10. The number of methoxy groups -OCH3 is 1. The number of phosphoric acid groups is 1. The summed E-state index contributed by atoms with van der Waals surface area (Å²) in [4.78, 5) is 152. The largest absolute Gasteiger partial charge is 0.475 e. The van der Waals surface area contributed by atoms with Crippen molar-refractivity contribution in [3.63, 3.8) is 0 Å². The quantitative estimate of drug-likeness (QED) is 0.0641. The first kappa shape index (κ1) is 57.7. The van der Waals surface area contributed by atoms with Gasteiger partial charge in [0, 0.05) is 54.7 Å². The predicted octanol–water partition coefficient (Wildman–Crippen LogP) is -1.72. The first-order valence-corrected chi connectivity index (χ1v) is 21.5. The highest BCUT2D eigenvalue weighted by Crippen LogP contribution is 2.52. The zero-order valence-electron chi connectivity index (χ0n) is 38.0. The predicted molar refractivity (Wildman–Crippen MR) is 213 cm³/mol. The third kappa shape index (κ3) is 16.5. The first-order valence-electron chi connectivity index (χ1n) is 20.0. The van der Waals surface area contributed by atoms with Crippen molar-refractivity contribution in [2.45, 2.75) is 122 Å². The van der Waals surface area contributed by atoms with Gasteiger partial charge in [0.1, 0.15) is 30.7 Å². The molecule has 70 heavy (non-hydrogen) atoms. The van der Waals surface area contributed by atoms with Gasteiger partial charge in [0.25, 0.3) is 5.79 Å². The van der Waals surface area contributed by atoms with E-state index in [4.69, 9.17) is 51.7 Å². The molecule has 1 unspecified atom stereocenters. The van der Waals surface area contributed by atoms with Crippen LogP contribution in [0.25, 0.3) is 0 Å². The highest BCUT2D eigenvalue weighted by atomic mass is 31.2. The van der Waals surface area contributed by atoms with Crippen LogP contribution in [0.4, 0.5) is 19.0 Å². The normalized spacial score (nSPS) is 24.7. The van der Waals surface area contributed by atoms with Crippen LogP contribution in [-0.4, -0.2) is 162 Å². The van der Waals surface area contributed by atoms with Crippen molar-refractivity contribution in [2.75, 3.05) is 32.2 Å². The number of hydrogen-bond donors (Lipinski definition) is 4. The molecular weight excluding hydrogens is 986 g/mol. The molecule has 0 saturated carbocycles. The number of rotatable bonds is 20. The molecule has 4 N–H and O–H groups in total. The number of amides is 3. The van der Waals surface area contributed by atoms with Crippen LogP contribution in [0.1, 0.15) is 61.1 Å². The second-order valence-corrected chi connectivity index (χ2v) is 16.1. The molecule has 11 atom stereocenters. The Morgan fingerprint density at radius 1 is 0.900 bits per heavy atom. The summed E-state index contributed by atoms with van der Waals surface area (Å²) in [6, 6.07) is -0.987. The van der Waals surface area contributed by atoms with Crippen LogP contribution in [0.15, 0.2) is 17.1 Å². The first-order chi connectivity index (χ1) is 32.4. The summed E-state index contributed by atoms with van der Waals surface area (Å²) < 4.78 is 112. The van der Waals surface area contributed by atoms with Gasteiger partial charge in [-0.1, -0.05) is 0 Å². The van der Waals surface area contributed by atoms with Crippen LogP contribution in [0.3, 0.4) is 0 Å². The summed E-state index contributed by atoms with van der Waals surface area (Å²) in [7, 11) is -5.33. The summed E-state index contributed by atoms with van der Waals surface area (Å²) in [5.74, 6) is -17.0. The van der Waals surface area contributed by atoms with Crippen molar-refractivity contribution in [1.82, 2.24) is 20.2 Å². The van der Waals surface area contributed by atoms with Crippen molar-refractivity contribution in [2.24, 2.45) is 0 Å². The topological polar surface area (TPSA) is 381 Å². The Kier molecular flexibility index (Phi) is 20.0. The highest BCUT2D eigenvalue weighted by Gasteiger charge is 2.62. The average molecular weight is 1030 g/mol. The third-order valence-corrected chi connectivity index (χ3v) is 10.1. The molecule has 0 bridgehead atoms. The summed E-state index contributed by atoms with van der Waals surface area (Å²) in [6.45, 7) is 2.44. The van der Waals surface area contributed by atoms with Crippen LogP contribution < -0.4 is 21.6 Å². The van der Waals surface area contributed by atoms with Crippen LogP contribution >= 0.6 is 7.82 Å². The number of ether oxygens (including phenoxy) is 9. The van der Waals surface area contributed by atoms with Gasteiger partial charge in [0.05, 0.1) is 32.7 Å². The number of aromatic nitrogens is 2. The monoisotopic (exact) mass is 1030 g/mol. The second-order valence-electron chi connectivity index (χ2n) is 14.7. The van der Waals surface area contributed by atoms with Crippen molar-refractivity contribution in [3.05, 3.63) is 22.7 Å². The third-order valence-electron chi connectivity index (χ3n) is 9.08. The van der Waals surface area contributed by atoms with E-state index >= 15 is 0 Å². The van der Waals surface area contributed by atoms with Gasteiger partial charge in [-0.15, -0.1) is 0 Å². The van der Waals surface area contributed by atoms with Gasteiger partial charge in [-0.25, -0.2) is 18.7 Å².